The van der Waals surface area contributed by atoms with E-state index in [1.807, 2.05) is 12.1 Å². The van der Waals surface area contributed by atoms with E-state index in [2.05, 4.69) is 12.1 Å². The van der Waals surface area contributed by atoms with Crippen LogP contribution < -0.4 is 4.74 Å². The number of hydrogen-bond donors (Lipinski definition) is 0. The lowest BCUT2D eigenvalue weighted by Gasteiger charge is -2.34. The van der Waals surface area contributed by atoms with Crippen molar-refractivity contribution in [1.82, 2.24) is 0 Å². The highest BCUT2D eigenvalue weighted by Gasteiger charge is 2.33. The second-order valence-corrected chi connectivity index (χ2v) is 5.27. The van der Waals surface area contributed by atoms with Gasteiger partial charge in [0.15, 0.2) is 0 Å². The molecule has 0 fully saturated rings. The van der Waals surface area contributed by atoms with E-state index in [0.717, 1.165) is 12.0 Å². The Morgan fingerprint density at radius 3 is 2.79 bits per heavy atom. The Bertz CT molecular complexity index is 611. The molecule has 0 aromatic heterocycles. The summed E-state index contributed by atoms with van der Waals surface area (Å²) in [4.78, 5) is 0. The molecular weight excluding hydrogens is 263 g/mol. The van der Waals surface area contributed by atoms with Crippen LogP contribution in [-0.2, 0) is 6.42 Å². The molecule has 2 aromatic carbocycles. The van der Waals surface area contributed by atoms with Crippen LogP contribution in [0.3, 0.4) is 0 Å². The van der Waals surface area contributed by atoms with E-state index >= 15 is 0 Å². The number of hydrogen-bond acceptors (Lipinski definition) is 1. The van der Waals surface area contributed by atoms with Gasteiger partial charge in [0.2, 0.25) is 0 Å². The highest BCUT2D eigenvalue weighted by Crippen LogP contribution is 2.48. The molecule has 3 rings (SSSR count). The Kier molecular flexibility index (Phi) is 3.19. The predicted molar refractivity (Wildman–Crippen MR) is 74.4 cm³/mol. The Morgan fingerprint density at radius 1 is 1.26 bits per heavy atom. The van der Waals surface area contributed by atoms with Crippen LogP contribution in [-0.4, -0.2) is 7.11 Å². The van der Waals surface area contributed by atoms with Gasteiger partial charge in [-0.2, -0.15) is 0 Å². The second-order valence-electron chi connectivity index (χ2n) is 4.80. The molecule has 2 unspecified atom stereocenters. The van der Waals surface area contributed by atoms with Crippen LogP contribution >= 0.6 is 11.6 Å². The van der Waals surface area contributed by atoms with Crippen LogP contribution in [0, 0.1) is 5.82 Å². The minimum Gasteiger partial charge on any atom is -0.496 e. The van der Waals surface area contributed by atoms with Gasteiger partial charge >= 0.3 is 0 Å². The molecule has 0 heterocycles. The highest BCUT2D eigenvalue weighted by molar-refractivity contribution is 6.21. The van der Waals surface area contributed by atoms with Gasteiger partial charge in [-0.15, -0.1) is 11.6 Å². The van der Waals surface area contributed by atoms with Gasteiger partial charge in [0, 0.05) is 11.5 Å². The topological polar surface area (TPSA) is 9.23 Å². The van der Waals surface area contributed by atoms with Gasteiger partial charge in [-0.1, -0.05) is 24.3 Å². The summed E-state index contributed by atoms with van der Waals surface area (Å²) in [5, 5.41) is -0.263. The van der Waals surface area contributed by atoms with Crippen molar-refractivity contribution in [1.29, 1.82) is 0 Å². The first-order valence-corrected chi connectivity index (χ1v) is 6.69. The maximum Gasteiger partial charge on any atom is 0.123 e. The van der Waals surface area contributed by atoms with E-state index in [1.165, 1.54) is 23.3 Å². The molecule has 0 spiro atoms. The first-order valence-electron chi connectivity index (χ1n) is 6.26. The highest BCUT2D eigenvalue weighted by atomic mass is 35.5. The van der Waals surface area contributed by atoms with Gasteiger partial charge in [-0.05, 0) is 35.7 Å². The van der Waals surface area contributed by atoms with Gasteiger partial charge in [0.05, 0.1) is 12.5 Å². The Balaban J connectivity index is 1.94. The van der Waals surface area contributed by atoms with Crippen molar-refractivity contribution in [2.24, 2.45) is 0 Å². The van der Waals surface area contributed by atoms with Crippen molar-refractivity contribution in [2.45, 2.75) is 17.7 Å². The Hall–Kier alpha value is -1.54. The SMILES string of the molecule is COc1ccc(F)cc1C(Cl)C1Cc2ccccc21. The minimum atomic E-state index is -0.283. The molecule has 0 amide bonds. The van der Waals surface area contributed by atoms with Crippen molar-refractivity contribution in [2.75, 3.05) is 7.11 Å². The summed E-state index contributed by atoms with van der Waals surface area (Å²) in [6, 6.07) is 12.7. The number of benzene rings is 2. The van der Waals surface area contributed by atoms with Gasteiger partial charge in [-0.3, -0.25) is 0 Å². The molecule has 98 valence electrons. The van der Waals surface area contributed by atoms with E-state index in [-0.39, 0.29) is 17.1 Å². The Morgan fingerprint density at radius 2 is 2.05 bits per heavy atom. The van der Waals surface area contributed by atoms with Crippen molar-refractivity contribution in [3.63, 3.8) is 0 Å². The molecule has 1 aliphatic rings. The normalized spacial score (nSPS) is 18.4. The van der Waals surface area contributed by atoms with Crippen molar-refractivity contribution >= 4 is 11.6 Å². The van der Waals surface area contributed by atoms with Crippen molar-refractivity contribution in [3.05, 3.63) is 65.0 Å². The predicted octanol–water partition coefficient (Wildman–Crippen LogP) is 4.45. The summed E-state index contributed by atoms with van der Waals surface area (Å²) >= 11 is 6.55. The fraction of sp³-hybridized carbons (Fsp3) is 0.250. The van der Waals surface area contributed by atoms with E-state index in [0.29, 0.717) is 5.75 Å². The van der Waals surface area contributed by atoms with Gasteiger partial charge in [0.1, 0.15) is 11.6 Å². The number of alkyl halides is 1. The largest absolute Gasteiger partial charge is 0.496 e. The molecule has 0 saturated heterocycles. The van der Waals surface area contributed by atoms with Crippen LogP contribution in [0.25, 0.3) is 0 Å². The summed E-state index contributed by atoms with van der Waals surface area (Å²) in [6.07, 6.45) is 0.935. The smallest absolute Gasteiger partial charge is 0.123 e. The molecule has 0 aliphatic heterocycles. The molecule has 0 saturated carbocycles. The van der Waals surface area contributed by atoms with Crippen LogP contribution in [0.1, 0.15) is 28.0 Å². The Labute approximate surface area is 117 Å². The molecule has 2 aromatic rings. The lowest BCUT2D eigenvalue weighted by molar-refractivity contribution is 0.404. The third kappa shape index (κ3) is 2.10. The van der Waals surface area contributed by atoms with E-state index in [1.54, 1.807) is 13.2 Å². The first kappa shape index (κ1) is 12.5. The van der Waals surface area contributed by atoms with Gasteiger partial charge in [0.25, 0.3) is 0 Å². The quantitative estimate of drug-likeness (QED) is 0.753. The number of rotatable bonds is 3. The first-order chi connectivity index (χ1) is 9.20. The van der Waals surface area contributed by atoms with Crippen LogP contribution in [0.4, 0.5) is 4.39 Å². The van der Waals surface area contributed by atoms with Gasteiger partial charge < -0.3 is 4.74 Å². The molecule has 1 nitrogen and oxygen atoms in total. The molecule has 19 heavy (non-hydrogen) atoms. The summed E-state index contributed by atoms with van der Waals surface area (Å²) in [5.74, 6) is 0.591. The zero-order chi connectivity index (χ0) is 13.4. The number of fused-ring (bicyclic) bond motifs is 1. The zero-order valence-electron chi connectivity index (χ0n) is 10.6. The summed E-state index contributed by atoms with van der Waals surface area (Å²) in [7, 11) is 1.58. The lowest BCUT2D eigenvalue weighted by atomic mass is 9.74. The second kappa shape index (κ2) is 4.86. The number of ether oxygens (including phenoxy) is 1. The fourth-order valence-electron chi connectivity index (χ4n) is 2.70. The van der Waals surface area contributed by atoms with E-state index in [9.17, 15) is 4.39 Å². The lowest BCUT2D eigenvalue weighted by Crippen LogP contribution is -2.21. The minimum absolute atomic E-state index is 0.230. The summed E-state index contributed by atoms with van der Waals surface area (Å²) < 4.78 is 18.7. The van der Waals surface area contributed by atoms with E-state index < -0.39 is 0 Å². The maximum absolute atomic E-state index is 13.4. The molecule has 0 radical (unpaired) electrons. The molecule has 2 atom stereocenters. The zero-order valence-corrected chi connectivity index (χ0v) is 11.3. The third-order valence-electron chi connectivity index (χ3n) is 3.74. The molecular formula is C16H14ClFO. The average molecular weight is 277 g/mol. The van der Waals surface area contributed by atoms with Crippen LogP contribution in [0.5, 0.6) is 5.75 Å². The van der Waals surface area contributed by atoms with Crippen molar-refractivity contribution < 1.29 is 9.13 Å². The summed E-state index contributed by atoms with van der Waals surface area (Å²) in [6.45, 7) is 0. The summed E-state index contributed by atoms with van der Waals surface area (Å²) in [5.41, 5.74) is 3.31. The van der Waals surface area contributed by atoms with Crippen molar-refractivity contribution in [3.8, 4) is 5.75 Å². The van der Waals surface area contributed by atoms with Crippen LogP contribution in [0.2, 0.25) is 0 Å². The molecule has 0 N–H and O–H groups in total. The number of halogens is 2. The molecule has 1 aliphatic carbocycles. The molecule has 3 heteroatoms. The molecule has 0 bridgehead atoms. The standard InChI is InChI=1S/C16H14ClFO/c1-19-15-7-6-11(18)9-14(15)16(17)13-8-10-4-2-3-5-12(10)13/h2-7,9,13,16H,8H2,1H3. The van der Waals surface area contributed by atoms with E-state index in [4.69, 9.17) is 16.3 Å². The average Bonchev–Trinajstić information content (AvgIpc) is 2.40. The fourth-order valence-corrected chi connectivity index (χ4v) is 3.09. The monoisotopic (exact) mass is 276 g/mol. The third-order valence-corrected chi connectivity index (χ3v) is 4.28. The number of methoxy groups -OCH3 is 1. The maximum atomic E-state index is 13.4. The van der Waals surface area contributed by atoms with Crippen LogP contribution in [0.15, 0.2) is 42.5 Å². The van der Waals surface area contributed by atoms with Gasteiger partial charge in [-0.25, -0.2) is 4.39 Å².